The average molecular weight is 914 g/mol. The zero-order valence-electron chi connectivity index (χ0n) is 35.2. The Morgan fingerprint density at radius 3 is 2.37 bits per heavy atom. The molecule has 0 unspecified atom stereocenters. The molecule has 10 rings (SSSR count). The number of imidazole rings is 1. The van der Waals surface area contributed by atoms with Gasteiger partial charge in [0.05, 0.1) is 40.9 Å². The van der Waals surface area contributed by atoms with Gasteiger partial charge in [0.25, 0.3) is 23.7 Å². The van der Waals surface area contributed by atoms with Crippen LogP contribution in [-0.2, 0) is 17.8 Å². The molecule has 5 amide bonds. The molecule has 3 saturated heterocycles. The lowest BCUT2D eigenvalue weighted by atomic mass is 9.68. The number of hydrogen-bond donors (Lipinski definition) is 3. The Bertz CT molecular complexity index is 2760. The number of halogens is 5. The fraction of sp³-hybridized carbons (Fsp3) is 0.400. The van der Waals surface area contributed by atoms with Gasteiger partial charge in [0.1, 0.15) is 0 Å². The van der Waals surface area contributed by atoms with Crippen LogP contribution >= 0.6 is 11.6 Å². The number of aromatic nitrogens is 4. The van der Waals surface area contributed by atoms with Crippen LogP contribution in [0, 0.1) is 5.41 Å². The van der Waals surface area contributed by atoms with Crippen molar-refractivity contribution in [2.24, 2.45) is 5.41 Å². The maximum Gasteiger partial charge on any atom is 0.328 e. The number of likely N-dealkylation sites (tertiary alicyclic amines) is 2. The van der Waals surface area contributed by atoms with Gasteiger partial charge in [0.15, 0.2) is 17.2 Å². The van der Waals surface area contributed by atoms with Crippen molar-refractivity contribution in [3.05, 3.63) is 94.4 Å². The van der Waals surface area contributed by atoms with E-state index in [1.807, 2.05) is 41.3 Å². The quantitative estimate of drug-likeness (QED) is 0.139. The maximum atomic E-state index is 16.2. The van der Waals surface area contributed by atoms with Gasteiger partial charge in [-0.15, -0.1) is 5.10 Å². The van der Waals surface area contributed by atoms with Crippen LogP contribution in [0.3, 0.4) is 0 Å². The molecule has 2 aromatic carbocycles. The molecule has 3 aromatic heterocycles. The average Bonchev–Trinajstić information content (AvgIpc) is 3.58. The summed E-state index contributed by atoms with van der Waals surface area (Å²) >= 11 is 6.38. The Morgan fingerprint density at radius 1 is 0.892 bits per heavy atom. The van der Waals surface area contributed by atoms with E-state index in [1.165, 1.54) is 27.7 Å². The van der Waals surface area contributed by atoms with E-state index < -0.39 is 54.1 Å². The number of nitrogens with one attached hydrogen (secondary N) is 3. The molecule has 15 nitrogen and oxygen atoms in total. The number of carbonyl (C=O) groups excluding carboxylic acids is 4. The number of nitrogens with zero attached hydrogens (tertiary/aromatic N) is 8. The van der Waals surface area contributed by atoms with E-state index in [0.29, 0.717) is 48.9 Å². The molecule has 4 fully saturated rings. The fourth-order valence-electron chi connectivity index (χ4n) is 9.68. The molecular weight excluding hydrogens is 870 g/mol. The van der Waals surface area contributed by atoms with Gasteiger partial charge in [-0.3, -0.25) is 34.5 Å². The van der Waals surface area contributed by atoms with Crippen molar-refractivity contribution >= 4 is 63.9 Å². The second-order valence-corrected chi connectivity index (χ2v) is 17.9. The SMILES string of the molecule is CNc1cc(N2CCc3c(-c4ccc(CN5CCC6(CCN(C(=O)c7ccc(Cl)c(N8CCC(=O)NC8=O)c7)CC6)C(F)(F)C5)cn4)cccc32)nn2c(C(=O)N[C@H]3CC3(F)F)cnc12. The second kappa shape index (κ2) is 16.0. The van der Waals surface area contributed by atoms with E-state index in [4.69, 9.17) is 21.7 Å². The third-order valence-electron chi connectivity index (χ3n) is 13.5. The molecule has 20 heteroatoms. The molecule has 1 atom stereocenters. The van der Waals surface area contributed by atoms with Crippen molar-refractivity contribution in [1.29, 1.82) is 0 Å². The number of pyridine rings is 1. The molecular formula is C45H44ClF4N11O4. The van der Waals surface area contributed by atoms with Gasteiger partial charge in [-0.1, -0.05) is 29.8 Å². The van der Waals surface area contributed by atoms with E-state index in [0.717, 1.165) is 28.1 Å². The van der Waals surface area contributed by atoms with Crippen molar-refractivity contribution in [3.63, 3.8) is 0 Å². The number of anilines is 4. The predicted octanol–water partition coefficient (Wildman–Crippen LogP) is 6.53. The molecule has 1 saturated carbocycles. The fourth-order valence-corrected chi connectivity index (χ4v) is 9.90. The molecule has 0 bridgehead atoms. The molecule has 1 aliphatic carbocycles. The Balaban J connectivity index is 0.783. The number of amides is 5. The second-order valence-electron chi connectivity index (χ2n) is 17.5. The molecule has 0 radical (unpaired) electrons. The zero-order valence-corrected chi connectivity index (χ0v) is 36.0. The summed E-state index contributed by atoms with van der Waals surface area (Å²) in [7, 11) is 1.72. The normalized spacial score (nSPS) is 21.1. The largest absolute Gasteiger partial charge is 0.385 e. The lowest BCUT2D eigenvalue weighted by Gasteiger charge is -2.51. The van der Waals surface area contributed by atoms with Gasteiger partial charge in [0.2, 0.25) is 5.91 Å². The highest BCUT2D eigenvalue weighted by Gasteiger charge is 2.58. The number of fused-ring (bicyclic) bond motifs is 2. The minimum absolute atomic E-state index is 0.0417. The van der Waals surface area contributed by atoms with Crippen LogP contribution in [0.5, 0.6) is 0 Å². The van der Waals surface area contributed by atoms with E-state index in [2.05, 4.69) is 20.9 Å². The van der Waals surface area contributed by atoms with Crippen LogP contribution in [0.2, 0.25) is 5.02 Å². The highest BCUT2D eigenvalue weighted by atomic mass is 35.5. The first-order valence-corrected chi connectivity index (χ1v) is 21.9. The van der Waals surface area contributed by atoms with Crippen LogP contribution < -0.4 is 25.8 Å². The third-order valence-corrected chi connectivity index (χ3v) is 13.9. The van der Waals surface area contributed by atoms with E-state index in [1.54, 1.807) is 29.1 Å². The molecule has 3 N–H and O–H groups in total. The first-order valence-electron chi connectivity index (χ1n) is 21.5. The van der Waals surface area contributed by atoms with E-state index in [9.17, 15) is 28.0 Å². The molecule has 5 aliphatic rings. The van der Waals surface area contributed by atoms with Gasteiger partial charge in [-0.25, -0.2) is 31.9 Å². The summed E-state index contributed by atoms with van der Waals surface area (Å²) in [4.78, 5) is 66.5. The number of benzene rings is 2. The Labute approximate surface area is 375 Å². The lowest BCUT2D eigenvalue weighted by molar-refractivity contribution is -0.186. The minimum Gasteiger partial charge on any atom is -0.385 e. The summed E-state index contributed by atoms with van der Waals surface area (Å²) in [5, 5.41) is 12.7. The molecule has 4 aliphatic heterocycles. The van der Waals surface area contributed by atoms with Crippen LogP contribution in [0.1, 0.15) is 64.1 Å². The number of imide groups is 1. The maximum absolute atomic E-state index is 16.2. The number of hydrogen-bond acceptors (Lipinski definition) is 10. The molecule has 7 heterocycles. The summed E-state index contributed by atoms with van der Waals surface area (Å²) in [5.41, 5.74) is 4.74. The molecule has 1 spiro atoms. The number of alkyl halides is 4. The third kappa shape index (κ3) is 7.66. The monoisotopic (exact) mass is 913 g/mol. The first kappa shape index (κ1) is 42.6. The van der Waals surface area contributed by atoms with Crippen LogP contribution in [0.15, 0.2) is 67.0 Å². The molecule has 65 heavy (non-hydrogen) atoms. The zero-order chi connectivity index (χ0) is 45.4. The van der Waals surface area contributed by atoms with Crippen molar-refractivity contribution in [2.75, 3.05) is 61.4 Å². The van der Waals surface area contributed by atoms with Gasteiger partial charge in [-0.05, 0) is 73.7 Å². The molecule has 5 aromatic rings. The Hall–Kier alpha value is -6.34. The van der Waals surface area contributed by atoms with Gasteiger partial charge < -0.3 is 20.4 Å². The Kier molecular flexibility index (Phi) is 10.5. The summed E-state index contributed by atoms with van der Waals surface area (Å²) in [6.07, 6.45) is 3.99. The van der Waals surface area contributed by atoms with E-state index in [-0.39, 0.29) is 67.5 Å². The number of urea groups is 1. The summed E-state index contributed by atoms with van der Waals surface area (Å²) in [6, 6.07) is 14.3. The highest BCUT2D eigenvalue weighted by molar-refractivity contribution is 6.34. The Morgan fingerprint density at radius 2 is 1.66 bits per heavy atom. The number of piperidine rings is 2. The predicted molar refractivity (Wildman–Crippen MR) is 233 cm³/mol. The number of carbonyl (C=O) groups is 4. The van der Waals surface area contributed by atoms with Crippen molar-refractivity contribution in [2.45, 2.75) is 63.0 Å². The summed E-state index contributed by atoms with van der Waals surface area (Å²) < 4.78 is 61.0. The van der Waals surface area contributed by atoms with Crippen molar-refractivity contribution in [3.8, 4) is 11.3 Å². The minimum atomic E-state index is -3.00. The van der Waals surface area contributed by atoms with Gasteiger partial charge >= 0.3 is 6.03 Å². The van der Waals surface area contributed by atoms with Crippen molar-refractivity contribution in [1.82, 2.24) is 40.0 Å². The van der Waals surface area contributed by atoms with Crippen molar-refractivity contribution < 1.29 is 36.7 Å². The van der Waals surface area contributed by atoms with Crippen LogP contribution in [-0.4, -0.2) is 117 Å². The van der Waals surface area contributed by atoms with Crippen LogP contribution in [0.25, 0.3) is 16.9 Å². The lowest BCUT2D eigenvalue weighted by Crippen LogP contribution is -2.59. The summed E-state index contributed by atoms with van der Waals surface area (Å²) in [5.74, 6) is -6.80. The smallest absolute Gasteiger partial charge is 0.328 e. The van der Waals surface area contributed by atoms with Gasteiger partial charge in [0, 0.05) is 87.1 Å². The number of rotatable bonds is 9. The topological polar surface area (TPSA) is 160 Å². The van der Waals surface area contributed by atoms with Crippen LogP contribution in [0.4, 0.5) is 45.2 Å². The van der Waals surface area contributed by atoms with Gasteiger partial charge in [-0.2, -0.15) is 0 Å². The summed E-state index contributed by atoms with van der Waals surface area (Å²) in [6.45, 7) is 1.36. The van der Waals surface area contributed by atoms with E-state index >= 15 is 8.78 Å². The highest BCUT2D eigenvalue weighted by Crippen LogP contribution is 2.51. The molecule has 338 valence electrons. The first-order chi connectivity index (χ1) is 31.1. The standard InChI is InChI=1S/C45H44ClF4N11O4/c1-51-32-20-37(56-61-35(23-53-39(32)61)40(63)54-36-21-44(36,47)48)59-14-9-29-28(3-2-4-33(29)59)31-8-5-26(22-52-31)24-57-16-11-43(45(49,50)25-57)12-17-58(18-13-43)41(64)27-6-7-30(46)34(19-27)60-15-10-38(62)55-42(60)65/h2-8,19-20,22-23,36,51H,9-18,21,24-25H2,1H3,(H,54,63)(H,55,62,65)/t36-/m0/s1.